The maximum Gasteiger partial charge on any atom is 0.320 e. The van der Waals surface area contributed by atoms with Gasteiger partial charge in [-0.3, -0.25) is 4.79 Å². The fraction of sp³-hybridized carbons (Fsp3) is 0.800. The van der Waals surface area contributed by atoms with Gasteiger partial charge in [0.05, 0.1) is 1.37 Å². The lowest BCUT2D eigenvalue weighted by Crippen LogP contribution is -2.34. The average molecular weight is 119 g/mol. The van der Waals surface area contributed by atoms with Crippen molar-refractivity contribution in [3.63, 3.8) is 0 Å². The monoisotopic (exact) mass is 119 g/mol. The molecule has 0 aromatic heterocycles. The summed E-state index contributed by atoms with van der Waals surface area (Å²) in [6, 6.07) is -2.23. The Bertz CT molecular complexity index is 150. The Morgan fingerprint density at radius 3 is 2.25 bits per heavy atom. The lowest BCUT2D eigenvalue weighted by atomic mass is 10.1. The highest BCUT2D eigenvalue weighted by Gasteiger charge is 2.14. The molecule has 48 valence electrons. The number of hydrogen-bond acceptors (Lipinski definition) is 2. The Labute approximate surface area is 51.3 Å². The minimum Gasteiger partial charge on any atom is -0.480 e. The zero-order valence-corrected chi connectivity index (χ0v) is 4.93. The smallest absolute Gasteiger partial charge is 0.320 e. The fourth-order valence-electron chi connectivity index (χ4n) is 0.214. The van der Waals surface area contributed by atoms with Crippen LogP contribution >= 0.6 is 0 Å². The molecule has 3 N–H and O–H groups in total. The summed E-state index contributed by atoms with van der Waals surface area (Å²) in [5.41, 5.74) is 5.02. The molecule has 0 spiro atoms. The number of carboxylic acids is 1. The van der Waals surface area contributed by atoms with Gasteiger partial charge in [0.2, 0.25) is 0 Å². The zero-order chi connectivity index (χ0) is 8.58. The van der Waals surface area contributed by atoms with Crippen molar-refractivity contribution in [1.82, 2.24) is 0 Å². The van der Waals surface area contributed by atoms with E-state index >= 15 is 0 Å². The summed E-state index contributed by atoms with van der Waals surface area (Å²) >= 11 is 0. The molecule has 0 amide bonds. The lowest BCUT2D eigenvalue weighted by Gasteiger charge is -2.07. The van der Waals surface area contributed by atoms with E-state index in [4.69, 9.17) is 13.6 Å². The Kier molecular flexibility index (Phi) is 1.44. The number of carbonyl (C=O) groups is 1. The molecule has 3 heteroatoms. The van der Waals surface area contributed by atoms with Crippen molar-refractivity contribution >= 4 is 5.97 Å². The van der Waals surface area contributed by atoms with Crippen LogP contribution in [-0.4, -0.2) is 17.1 Å². The zero-order valence-electron chi connectivity index (χ0n) is 6.93. The van der Waals surface area contributed by atoms with Gasteiger partial charge in [0.15, 0.2) is 0 Å². The molecule has 1 atom stereocenters. The number of nitrogens with two attached hydrogens (primary N) is 1. The first-order valence-corrected chi connectivity index (χ1v) is 2.22. The standard InChI is InChI=1S/C5H11NO2/c1-3(2)4(6)5(7)8/h3-4H,6H2,1-2H3,(H,7,8)/i3D,4D. The van der Waals surface area contributed by atoms with E-state index in [2.05, 4.69) is 0 Å². The van der Waals surface area contributed by atoms with Crippen LogP contribution < -0.4 is 5.73 Å². The molecule has 0 radical (unpaired) electrons. The predicted molar refractivity (Wildman–Crippen MR) is 30.4 cm³/mol. The van der Waals surface area contributed by atoms with Crippen LogP contribution in [0, 0.1) is 5.89 Å². The molecule has 8 heavy (non-hydrogen) atoms. The summed E-state index contributed by atoms with van der Waals surface area (Å²) in [4.78, 5) is 10.2. The van der Waals surface area contributed by atoms with E-state index in [0.717, 1.165) is 0 Å². The van der Waals surface area contributed by atoms with Crippen LogP contribution in [0.25, 0.3) is 0 Å². The summed E-state index contributed by atoms with van der Waals surface area (Å²) in [5, 5.41) is 8.34. The van der Waals surface area contributed by atoms with Crippen molar-refractivity contribution in [1.29, 1.82) is 0 Å². The van der Waals surface area contributed by atoms with E-state index in [1.165, 1.54) is 13.8 Å². The van der Waals surface area contributed by atoms with Crippen molar-refractivity contribution in [3.8, 4) is 0 Å². The largest absolute Gasteiger partial charge is 0.480 e. The second-order valence-corrected chi connectivity index (χ2v) is 1.72. The van der Waals surface area contributed by atoms with Gasteiger partial charge < -0.3 is 10.8 Å². The van der Waals surface area contributed by atoms with Gasteiger partial charge in [-0.05, 0) is 5.89 Å². The summed E-state index contributed by atoms with van der Waals surface area (Å²) in [7, 11) is 0. The molecule has 1 unspecified atom stereocenters. The van der Waals surface area contributed by atoms with Crippen LogP contribution in [0.4, 0.5) is 0 Å². The Morgan fingerprint density at radius 2 is 2.25 bits per heavy atom. The maximum atomic E-state index is 10.2. The molecule has 0 aliphatic rings. The molecule has 0 aromatic rings. The Balaban J connectivity index is 4.57. The number of aliphatic carboxylic acids is 1. The molecule has 0 aliphatic carbocycles. The van der Waals surface area contributed by atoms with Crippen molar-refractivity contribution in [2.45, 2.75) is 19.9 Å². The number of hydrogen-bond donors (Lipinski definition) is 2. The van der Waals surface area contributed by atoms with Crippen LogP contribution in [0.5, 0.6) is 0 Å². The van der Waals surface area contributed by atoms with Crippen LogP contribution in [0.15, 0.2) is 0 Å². The summed E-state index contributed by atoms with van der Waals surface area (Å²) in [6.45, 7) is 2.57. The Morgan fingerprint density at radius 1 is 1.88 bits per heavy atom. The second-order valence-electron chi connectivity index (χ2n) is 1.72. The molecule has 3 nitrogen and oxygen atoms in total. The van der Waals surface area contributed by atoms with Gasteiger partial charge in [-0.25, -0.2) is 0 Å². The molecule has 0 aromatic carbocycles. The topological polar surface area (TPSA) is 63.3 Å². The molecule has 0 saturated heterocycles. The SMILES string of the molecule is [2H]C(C)(C)C([2H])(N)C(=O)O. The summed E-state index contributed by atoms with van der Waals surface area (Å²) < 4.78 is 14.2. The van der Waals surface area contributed by atoms with Crippen molar-refractivity contribution < 1.29 is 12.6 Å². The van der Waals surface area contributed by atoms with E-state index in [1.54, 1.807) is 0 Å². The highest BCUT2D eigenvalue weighted by molar-refractivity contribution is 5.73. The predicted octanol–water partition coefficient (Wildman–Crippen LogP) is 0.0543. The van der Waals surface area contributed by atoms with E-state index in [-0.39, 0.29) is 0 Å². The molecule has 0 aliphatic heterocycles. The molecule has 0 heterocycles. The van der Waals surface area contributed by atoms with Crippen LogP contribution in [-0.2, 0) is 4.79 Å². The molecule has 0 bridgehead atoms. The average Bonchev–Trinajstić information content (AvgIpc) is 1.62. The first-order chi connectivity index (χ1) is 4.19. The third-order valence-corrected chi connectivity index (χ3v) is 0.769. The van der Waals surface area contributed by atoms with E-state index < -0.39 is 17.9 Å². The van der Waals surface area contributed by atoms with Crippen molar-refractivity contribution in [2.75, 3.05) is 0 Å². The Hall–Kier alpha value is -0.570. The van der Waals surface area contributed by atoms with Crippen LogP contribution in [0.3, 0.4) is 0 Å². The second kappa shape index (κ2) is 2.67. The normalized spacial score (nSPS) is 22.9. The molecular weight excluding hydrogens is 106 g/mol. The van der Waals surface area contributed by atoms with E-state index in [9.17, 15) is 4.79 Å². The fourth-order valence-corrected chi connectivity index (χ4v) is 0.214. The number of rotatable bonds is 2. The first kappa shape index (κ1) is 4.32. The van der Waals surface area contributed by atoms with Crippen LogP contribution in [0.2, 0.25) is 0 Å². The minimum absolute atomic E-state index is 1.29. The van der Waals surface area contributed by atoms with E-state index in [1.807, 2.05) is 0 Å². The lowest BCUT2D eigenvalue weighted by molar-refractivity contribution is -0.139. The maximum absolute atomic E-state index is 10.2. The molecular formula is C5H11NO2. The van der Waals surface area contributed by atoms with Gasteiger partial charge in [-0.15, -0.1) is 0 Å². The molecule has 0 saturated carbocycles. The van der Waals surface area contributed by atoms with Gasteiger partial charge in [0.25, 0.3) is 0 Å². The van der Waals surface area contributed by atoms with E-state index in [0.29, 0.717) is 0 Å². The quantitative estimate of drug-likeness (QED) is 0.540. The van der Waals surface area contributed by atoms with Gasteiger partial charge in [-0.2, -0.15) is 0 Å². The van der Waals surface area contributed by atoms with Gasteiger partial charge >= 0.3 is 5.97 Å². The van der Waals surface area contributed by atoms with Gasteiger partial charge in [0, 0.05) is 1.37 Å². The van der Waals surface area contributed by atoms with Crippen LogP contribution in [0.1, 0.15) is 16.6 Å². The van der Waals surface area contributed by atoms with Gasteiger partial charge in [-0.1, -0.05) is 13.8 Å². The van der Waals surface area contributed by atoms with Gasteiger partial charge in [0.1, 0.15) is 6.02 Å². The highest BCUT2D eigenvalue weighted by Crippen LogP contribution is 1.96. The first-order valence-electron chi connectivity index (χ1n) is 3.22. The summed E-state index contributed by atoms with van der Waals surface area (Å²) in [6.07, 6.45) is 0. The number of carboxylic acid groups (broad SMARTS) is 1. The highest BCUT2D eigenvalue weighted by atomic mass is 16.4. The third-order valence-electron chi connectivity index (χ3n) is 0.769. The molecule has 0 rings (SSSR count). The summed E-state index contributed by atoms with van der Waals surface area (Å²) in [5.74, 6) is -2.97. The van der Waals surface area contributed by atoms with Crippen molar-refractivity contribution in [3.05, 3.63) is 0 Å². The minimum atomic E-state index is -2.23. The molecule has 0 fully saturated rings. The van der Waals surface area contributed by atoms with Crippen molar-refractivity contribution in [2.24, 2.45) is 11.6 Å². The third kappa shape index (κ3) is 1.93.